The number of carbonyl (C=O) groups excluding carboxylic acids is 2. The monoisotopic (exact) mass is 537 g/mol. The molecule has 1 atom stereocenters. The van der Waals surface area contributed by atoms with Crippen LogP contribution in [0.1, 0.15) is 54.7 Å². The second-order valence-electron chi connectivity index (χ2n) is 9.56. The SMILES string of the molecule is CCOC(=O)CCNC(=O)c1ccc2c(cnn2C(c2ccc(-c3ccc(C(F)(F)F)cc3)cc2)C(C)C)c1. The van der Waals surface area contributed by atoms with Gasteiger partial charge in [-0.15, -0.1) is 0 Å². The van der Waals surface area contributed by atoms with Crippen LogP contribution in [0.15, 0.2) is 72.9 Å². The second-order valence-corrected chi connectivity index (χ2v) is 9.56. The summed E-state index contributed by atoms with van der Waals surface area (Å²) in [5.74, 6) is -0.467. The molecule has 1 aromatic heterocycles. The van der Waals surface area contributed by atoms with Gasteiger partial charge in [0.2, 0.25) is 0 Å². The van der Waals surface area contributed by atoms with Gasteiger partial charge in [0.05, 0.1) is 36.3 Å². The molecule has 1 heterocycles. The summed E-state index contributed by atoms with van der Waals surface area (Å²) >= 11 is 0. The first-order valence-electron chi connectivity index (χ1n) is 12.8. The predicted octanol–water partition coefficient (Wildman–Crippen LogP) is 6.65. The Morgan fingerprint density at radius 3 is 2.21 bits per heavy atom. The van der Waals surface area contributed by atoms with Crippen LogP contribution in [0.3, 0.4) is 0 Å². The normalized spacial score (nSPS) is 12.5. The molecule has 1 unspecified atom stereocenters. The summed E-state index contributed by atoms with van der Waals surface area (Å²) in [6.07, 6.45) is -2.54. The van der Waals surface area contributed by atoms with Crippen molar-refractivity contribution >= 4 is 22.8 Å². The number of amides is 1. The summed E-state index contributed by atoms with van der Waals surface area (Å²) in [5, 5.41) is 8.17. The van der Waals surface area contributed by atoms with E-state index in [0.717, 1.165) is 34.2 Å². The number of hydrogen-bond donors (Lipinski definition) is 1. The Morgan fingerprint density at radius 2 is 1.62 bits per heavy atom. The molecule has 0 radical (unpaired) electrons. The number of halogens is 3. The van der Waals surface area contributed by atoms with E-state index < -0.39 is 11.7 Å². The van der Waals surface area contributed by atoms with Gasteiger partial charge in [-0.05, 0) is 59.9 Å². The van der Waals surface area contributed by atoms with Gasteiger partial charge in [0, 0.05) is 17.5 Å². The first-order valence-corrected chi connectivity index (χ1v) is 12.8. The average Bonchev–Trinajstić information content (AvgIpc) is 3.31. The van der Waals surface area contributed by atoms with Crippen molar-refractivity contribution in [2.75, 3.05) is 13.2 Å². The van der Waals surface area contributed by atoms with Crippen LogP contribution >= 0.6 is 0 Å². The van der Waals surface area contributed by atoms with E-state index in [1.165, 1.54) is 12.1 Å². The zero-order valence-electron chi connectivity index (χ0n) is 22.0. The van der Waals surface area contributed by atoms with Gasteiger partial charge in [-0.25, -0.2) is 0 Å². The summed E-state index contributed by atoms with van der Waals surface area (Å²) in [6.45, 7) is 6.40. The first-order chi connectivity index (χ1) is 18.6. The van der Waals surface area contributed by atoms with E-state index in [9.17, 15) is 22.8 Å². The highest BCUT2D eigenvalue weighted by Gasteiger charge is 2.30. The minimum Gasteiger partial charge on any atom is -0.466 e. The lowest BCUT2D eigenvalue weighted by Gasteiger charge is -2.23. The van der Waals surface area contributed by atoms with Gasteiger partial charge >= 0.3 is 12.1 Å². The number of hydrogen-bond acceptors (Lipinski definition) is 4. The maximum absolute atomic E-state index is 12.9. The summed E-state index contributed by atoms with van der Waals surface area (Å²) in [5.41, 5.74) is 3.18. The quantitative estimate of drug-likeness (QED) is 0.243. The molecule has 0 aliphatic rings. The fraction of sp³-hybridized carbons (Fsp3) is 0.300. The standard InChI is InChI=1S/C30H30F3N3O3/c1-4-39-27(37)15-16-34-29(38)23-11-14-26-24(17-23)18-35-36(26)28(19(2)3)22-7-5-20(6-8-22)21-9-12-25(13-10-21)30(31,32)33/h5-14,17-19,28H,4,15-16H2,1-3H3,(H,34,38). The fourth-order valence-electron chi connectivity index (χ4n) is 4.56. The third-order valence-electron chi connectivity index (χ3n) is 6.47. The van der Waals surface area contributed by atoms with Gasteiger partial charge in [-0.3, -0.25) is 14.3 Å². The Labute approximate surface area is 224 Å². The zero-order chi connectivity index (χ0) is 28.2. The van der Waals surface area contributed by atoms with Crippen molar-refractivity contribution in [3.63, 3.8) is 0 Å². The number of aromatic nitrogens is 2. The minimum absolute atomic E-state index is 0.103. The molecule has 0 bridgehead atoms. The lowest BCUT2D eigenvalue weighted by Crippen LogP contribution is -2.26. The van der Waals surface area contributed by atoms with E-state index in [4.69, 9.17) is 4.74 Å². The fourth-order valence-corrected chi connectivity index (χ4v) is 4.56. The van der Waals surface area contributed by atoms with E-state index >= 15 is 0 Å². The van der Waals surface area contributed by atoms with Crippen molar-refractivity contribution in [1.82, 2.24) is 15.1 Å². The highest BCUT2D eigenvalue weighted by molar-refractivity contribution is 5.98. The molecular formula is C30H30F3N3O3. The molecule has 3 aromatic carbocycles. The lowest BCUT2D eigenvalue weighted by atomic mass is 9.93. The smallest absolute Gasteiger partial charge is 0.416 e. The highest BCUT2D eigenvalue weighted by atomic mass is 19.4. The first kappa shape index (κ1) is 27.9. The van der Waals surface area contributed by atoms with Gasteiger partial charge < -0.3 is 10.1 Å². The lowest BCUT2D eigenvalue weighted by molar-refractivity contribution is -0.143. The van der Waals surface area contributed by atoms with Gasteiger partial charge in [0.1, 0.15) is 0 Å². The summed E-state index contributed by atoms with van der Waals surface area (Å²) < 4.78 is 45.5. The molecule has 39 heavy (non-hydrogen) atoms. The Hall–Kier alpha value is -4.14. The van der Waals surface area contributed by atoms with Crippen LogP contribution in [-0.4, -0.2) is 34.8 Å². The number of nitrogens with one attached hydrogen (secondary N) is 1. The number of fused-ring (bicyclic) bond motifs is 1. The van der Waals surface area contributed by atoms with Crippen molar-refractivity contribution in [2.45, 2.75) is 39.4 Å². The maximum atomic E-state index is 12.9. The highest BCUT2D eigenvalue weighted by Crippen LogP contribution is 2.33. The van der Waals surface area contributed by atoms with Crippen LogP contribution in [0.4, 0.5) is 13.2 Å². The molecule has 1 amide bonds. The molecule has 0 spiro atoms. The summed E-state index contributed by atoms with van der Waals surface area (Å²) in [7, 11) is 0. The predicted molar refractivity (Wildman–Crippen MR) is 143 cm³/mol. The number of nitrogens with zero attached hydrogens (tertiary/aromatic N) is 2. The third kappa shape index (κ3) is 6.47. The summed E-state index contributed by atoms with van der Waals surface area (Å²) in [4.78, 5) is 24.1. The molecule has 0 saturated heterocycles. The van der Waals surface area contributed by atoms with Crippen molar-refractivity contribution in [3.05, 3.63) is 89.6 Å². The number of benzene rings is 3. The van der Waals surface area contributed by atoms with Crippen LogP contribution in [-0.2, 0) is 15.7 Å². The molecular weight excluding hydrogens is 507 g/mol. The average molecular weight is 538 g/mol. The van der Waals surface area contributed by atoms with Crippen LogP contribution in [0.5, 0.6) is 0 Å². The van der Waals surface area contributed by atoms with Crippen LogP contribution in [0.2, 0.25) is 0 Å². The van der Waals surface area contributed by atoms with Gasteiger partial charge in [0.15, 0.2) is 0 Å². The van der Waals surface area contributed by atoms with Crippen molar-refractivity contribution in [2.24, 2.45) is 5.92 Å². The molecule has 0 saturated carbocycles. The molecule has 4 rings (SSSR count). The molecule has 0 aliphatic carbocycles. The molecule has 0 fully saturated rings. The minimum atomic E-state index is -4.37. The largest absolute Gasteiger partial charge is 0.466 e. The Morgan fingerprint density at radius 1 is 0.974 bits per heavy atom. The van der Waals surface area contributed by atoms with E-state index in [1.54, 1.807) is 25.3 Å². The number of alkyl halides is 3. The zero-order valence-corrected chi connectivity index (χ0v) is 22.0. The Balaban J connectivity index is 1.53. The Bertz CT molecular complexity index is 1440. The molecule has 6 nitrogen and oxygen atoms in total. The third-order valence-corrected chi connectivity index (χ3v) is 6.47. The van der Waals surface area contributed by atoms with Crippen LogP contribution < -0.4 is 5.32 Å². The van der Waals surface area contributed by atoms with Gasteiger partial charge in [-0.1, -0.05) is 50.2 Å². The topological polar surface area (TPSA) is 73.2 Å². The van der Waals surface area contributed by atoms with Crippen LogP contribution in [0.25, 0.3) is 22.0 Å². The number of ether oxygens (including phenoxy) is 1. The number of rotatable bonds is 9. The van der Waals surface area contributed by atoms with E-state index in [1.807, 2.05) is 35.0 Å². The van der Waals surface area contributed by atoms with Crippen molar-refractivity contribution in [1.29, 1.82) is 0 Å². The molecule has 9 heteroatoms. The van der Waals surface area contributed by atoms with Crippen molar-refractivity contribution in [3.8, 4) is 11.1 Å². The number of carbonyl (C=O) groups is 2. The molecule has 1 N–H and O–H groups in total. The molecule has 204 valence electrons. The maximum Gasteiger partial charge on any atom is 0.416 e. The van der Waals surface area contributed by atoms with Crippen molar-refractivity contribution < 1.29 is 27.5 Å². The molecule has 0 aliphatic heterocycles. The molecule has 4 aromatic rings. The van der Waals surface area contributed by atoms with Gasteiger partial charge in [-0.2, -0.15) is 18.3 Å². The second kappa shape index (κ2) is 11.7. The Kier molecular flexibility index (Phi) is 8.38. The van der Waals surface area contributed by atoms with Gasteiger partial charge in [0.25, 0.3) is 5.91 Å². The van der Waals surface area contributed by atoms with E-state index in [0.29, 0.717) is 17.7 Å². The van der Waals surface area contributed by atoms with E-state index in [2.05, 4.69) is 24.3 Å². The van der Waals surface area contributed by atoms with E-state index in [-0.39, 0.29) is 36.8 Å². The van der Waals surface area contributed by atoms with Crippen LogP contribution in [0, 0.1) is 5.92 Å². The number of esters is 1. The summed E-state index contributed by atoms with van der Waals surface area (Å²) in [6, 6.07) is 18.1.